The molecule has 0 unspecified atom stereocenters. The monoisotopic (exact) mass is 301 g/mol. The minimum Gasteiger partial charge on any atom is -0.396 e. The maximum Gasteiger partial charge on any atom is 0.165 e. The van der Waals surface area contributed by atoms with Crippen LogP contribution in [0.4, 0.5) is 5.82 Å². The Bertz CT molecular complexity index is 743. The van der Waals surface area contributed by atoms with Gasteiger partial charge in [0.1, 0.15) is 17.9 Å². The van der Waals surface area contributed by atoms with Gasteiger partial charge in [-0.2, -0.15) is 0 Å². The van der Waals surface area contributed by atoms with Gasteiger partial charge in [-0.15, -0.1) is 0 Å². The van der Waals surface area contributed by atoms with Crippen molar-refractivity contribution in [1.29, 1.82) is 0 Å². The predicted molar refractivity (Wildman–Crippen MR) is 79.5 cm³/mol. The van der Waals surface area contributed by atoms with E-state index in [4.69, 9.17) is 4.74 Å². The number of aliphatic hydroxyl groups is 1. The Kier molecular flexibility index (Phi) is 2.42. The van der Waals surface area contributed by atoms with Gasteiger partial charge in [0.15, 0.2) is 11.5 Å². The molecule has 2 saturated carbocycles. The van der Waals surface area contributed by atoms with E-state index in [1.807, 2.05) is 6.33 Å². The largest absolute Gasteiger partial charge is 0.396 e. The number of rotatable bonds is 4. The molecule has 3 fully saturated rings. The predicted octanol–water partition coefficient (Wildman–Crippen LogP) is 1.11. The molecule has 2 N–H and O–H groups in total. The number of hydrogen-bond acceptors (Lipinski definition) is 6. The van der Waals surface area contributed by atoms with Gasteiger partial charge < -0.3 is 19.7 Å². The van der Waals surface area contributed by atoms with E-state index in [9.17, 15) is 5.11 Å². The third-order valence-electron chi connectivity index (χ3n) is 5.43. The molecule has 0 aromatic carbocycles. The Morgan fingerprint density at radius 1 is 1.41 bits per heavy atom. The van der Waals surface area contributed by atoms with Gasteiger partial charge in [0, 0.05) is 18.6 Å². The molecule has 0 spiro atoms. The van der Waals surface area contributed by atoms with Crippen molar-refractivity contribution in [2.45, 2.75) is 50.0 Å². The van der Waals surface area contributed by atoms with E-state index in [2.05, 4.69) is 31.8 Å². The maximum atomic E-state index is 9.57. The van der Waals surface area contributed by atoms with Gasteiger partial charge in [-0.25, -0.2) is 15.0 Å². The van der Waals surface area contributed by atoms with Crippen LogP contribution in [0.1, 0.15) is 32.2 Å². The number of imidazole rings is 1. The highest BCUT2D eigenvalue weighted by molar-refractivity contribution is 5.83. The molecule has 7 nitrogen and oxygen atoms in total. The number of aliphatic hydroxyl groups excluding tert-OH is 1. The zero-order valence-electron chi connectivity index (χ0n) is 12.4. The summed E-state index contributed by atoms with van der Waals surface area (Å²) in [4.78, 5) is 13.3. The summed E-state index contributed by atoms with van der Waals surface area (Å²) >= 11 is 0. The standard InChI is InChI=1S/C15H19N5O2/c1-15-8(5-21)4-10(12(15)22-15)20-7-18-11-13(19-9-2-3-9)16-6-17-14(11)20/h6-10,12,21H,2-5H2,1H3,(H,16,17,19)/t8-,10-,12+,15-/m1/s1. The molecule has 0 radical (unpaired) electrons. The van der Waals surface area contributed by atoms with E-state index in [0.29, 0.717) is 6.04 Å². The second kappa shape index (κ2) is 4.17. The smallest absolute Gasteiger partial charge is 0.165 e. The zero-order valence-corrected chi connectivity index (χ0v) is 12.4. The summed E-state index contributed by atoms with van der Waals surface area (Å²) in [6.45, 7) is 2.26. The first-order valence-corrected chi connectivity index (χ1v) is 7.93. The highest BCUT2D eigenvalue weighted by Gasteiger charge is 2.66. The van der Waals surface area contributed by atoms with Gasteiger partial charge in [0.2, 0.25) is 0 Å². The van der Waals surface area contributed by atoms with Gasteiger partial charge in [-0.05, 0) is 26.2 Å². The third-order valence-corrected chi connectivity index (χ3v) is 5.43. The molecule has 5 rings (SSSR count). The number of anilines is 1. The topological polar surface area (TPSA) is 88.4 Å². The van der Waals surface area contributed by atoms with Gasteiger partial charge in [0.05, 0.1) is 18.0 Å². The summed E-state index contributed by atoms with van der Waals surface area (Å²) in [5.41, 5.74) is 1.49. The lowest BCUT2D eigenvalue weighted by Crippen LogP contribution is -2.20. The maximum absolute atomic E-state index is 9.57. The van der Waals surface area contributed by atoms with Crippen LogP contribution in [-0.2, 0) is 4.74 Å². The molecular formula is C15H19N5O2. The number of ether oxygens (including phenoxy) is 1. The molecule has 0 bridgehead atoms. The average Bonchev–Trinajstić information content (AvgIpc) is 3.38. The first-order chi connectivity index (χ1) is 10.7. The highest BCUT2D eigenvalue weighted by Crippen LogP contribution is 2.58. The molecule has 0 amide bonds. The van der Waals surface area contributed by atoms with E-state index >= 15 is 0 Å². The Morgan fingerprint density at radius 2 is 2.27 bits per heavy atom. The van der Waals surface area contributed by atoms with E-state index in [1.165, 1.54) is 12.8 Å². The van der Waals surface area contributed by atoms with Crippen molar-refractivity contribution >= 4 is 17.0 Å². The number of nitrogens with zero attached hydrogens (tertiary/aromatic N) is 4. The molecular weight excluding hydrogens is 282 g/mol. The van der Waals surface area contributed by atoms with E-state index < -0.39 is 0 Å². The lowest BCUT2D eigenvalue weighted by Gasteiger charge is -2.17. The van der Waals surface area contributed by atoms with Gasteiger partial charge in [0.25, 0.3) is 0 Å². The number of hydrogen-bond donors (Lipinski definition) is 2. The minimum absolute atomic E-state index is 0.150. The van der Waals surface area contributed by atoms with Gasteiger partial charge >= 0.3 is 0 Å². The van der Waals surface area contributed by atoms with Gasteiger partial charge in [-0.1, -0.05) is 0 Å². The molecule has 3 aliphatic rings. The molecule has 2 aliphatic carbocycles. The SMILES string of the molecule is C[C@]12O[C@H]1[C@H](n1cnc3c(NC4CC4)ncnc31)C[C@@H]2CO. The third kappa shape index (κ3) is 1.66. The molecule has 7 heteroatoms. The fraction of sp³-hybridized carbons (Fsp3) is 0.667. The molecule has 1 aliphatic heterocycles. The van der Waals surface area contributed by atoms with Crippen LogP contribution < -0.4 is 5.32 Å². The van der Waals surface area contributed by atoms with Crippen molar-refractivity contribution in [3.63, 3.8) is 0 Å². The van der Waals surface area contributed by atoms with Crippen molar-refractivity contribution < 1.29 is 9.84 Å². The zero-order chi connectivity index (χ0) is 14.9. The fourth-order valence-electron chi connectivity index (χ4n) is 3.81. The van der Waals surface area contributed by atoms with E-state index in [1.54, 1.807) is 6.33 Å². The van der Waals surface area contributed by atoms with E-state index in [0.717, 1.165) is 23.4 Å². The quantitative estimate of drug-likeness (QED) is 0.823. The molecule has 1 saturated heterocycles. The average molecular weight is 301 g/mol. The molecule has 2 aromatic rings. The van der Waals surface area contributed by atoms with Crippen LogP contribution in [-0.4, -0.2) is 49.0 Å². The Labute approximate surface area is 127 Å². The molecule has 2 aromatic heterocycles. The number of fused-ring (bicyclic) bond motifs is 2. The first kappa shape index (κ1) is 12.8. The van der Waals surface area contributed by atoms with Crippen molar-refractivity contribution in [3.8, 4) is 0 Å². The summed E-state index contributed by atoms with van der Waals surface area (Å²) in [6.07, 6.45) is 6.87. The summed E-state index contributed by atoms with van der Waals surface area (Å²) in [5, 5.41) is 13.0. The highest BCUT2D eigenvalue weighted by atomic mass is 16.6. The second-order valence-electron chi connectivity index (χ2n) is 6.87. The molecule has 22 heavy (non-hydrogen) atoms. The van der Waals surface area contributed by atoms with Crippen LogP contribution in [0, 0.1) is 5.92 Å². The second-order valence-corrected chi connectivity index (χ2v) is 6.87. The summed E-state index contributed by atoms with van der Waals surface area (Å²) in [6, 6.07) is 0.722. The van der Waals surface area contributed by atoms with Crippen molar-refractivity contribution in [2.75, 3.05) is 11.9 Å². The molecule has 3 heterocycles. The summed E-state index contributed by atoms with van der Waals surface area (Å²) < 4.78 is 7.96. The molecule has 116 valence electrons. The van der Waals surface area contributed by atoms with Gasteiger partial charge in [-0.3, -0.25) is 0 Å². The lowest BCUT2D eigenvalue weighted by molar-refractivity contribution is 0.115. The summed E-state index contributed by atoms with van der Waals surface area (Å²) in [5.74, 6) is 1.01. The normalized spacial score (nSPS) is 36.5. The lowest BCUT2D eigenvalue weighted by atomic mass is 9.98. The minimum atomic E-state index is -0.182. The number of nitrogens with one attached hydrogen (secondary N) is 1. The van der Waals surface area contributed by atoms with Crippen LogP contribution in [0.25, 0.3) is 11.2 Å². The first-order valence-electron chi connectivity index (χ1n) is 7.93. The summed E-state index contributed by atoms with van der Waals surface area (Å²) in [7, 11) is 0. The number of aromatic nitrogens is 4. The van der Waals surface area contributed by atoms with Crippen molar-refractivity contribution in [1.82, 2.24) is 19.5 Å². The fourth-order valence-corrected chi connectivity index (χ4v) is 3.81. The number of epoxide rings is 1. The van der Waals surface area contributed by atoms with Crippen molar-refractivity contribution in [3.05, 3.63) is 12.7 Å². The van der Waals surface area contributed by atoms with Crippen LogP contribution in [0.15, 0.2) is 12.7 Å². The van der Waals surface area contributed by atoms with Crippen molar-refractivity contribution in [2.24, 2.45) is 5.92 Å². The van der Waals surface area contributed by atoms with Crippen LogP contribution >= 0.6 is 0 Å². The van der Waals surface area contributed by atoms with Crippen LogP contribution in [0.2, 0.25) is 0 Å². The Balaban J connectivity index is 1.53. The molecule has 4 atom stereocenters. The van der Waals surface area contributed by atoms with E-state index in [-0.39, 0.29) is 30.3 Å². The van der Waals surface area contributed by atoms with Crippen LogP contribution in [0.5, 0.6) is 0 Å². The Morgan fingerprint density at radius 3 is 3.00 bits per heavy atom. The Hall–Kier alpha value is -1.73. The van der Waals surface area contributed by atoms with Crippen LogP contribution in [0.3, 0.4) is 0 Å².